The smallest absolute Gasteiger partial charge is 0.0792 e. The van der Waals surface area contributed by atoms with Gasteiger partial charge in [0.05, 0.1) is 11.6 Å². The third-order valence-corrected chi connectivity index (χ3v) is 4.95. The van der Waals surface area contributed by atoms with E-state index >= 15 is 0 Å². The first-order valence-corrected chi connectivity index (χ1v) is 10.5. The average Bonchev–Trinajstić information content (AvgIpc) is 2.88. The maximum absolute atomic E-state index is 13.4. The summed E-state index contributed by atoms with van der Waals surface area (Å²) in [6.45, 7) is 1.81. The molecule has 0 aliphatic rings. The van der Waals surface area contributed by atoms with Gasteiger partial charge in [-0.1, -0.05) is 66.2 Å². The van der Waals surface area contributed by atoms with Crippen molar-refractivity contribution < 1.29 is 33.3 Å². The first-order chi connectivity index (χ1) is 16.5. The topological polar surface area (TPSA) is 25.8 Å². The number of nitrogens with zero attached hydrogens (tertiary/aromatic N) is 2. The minimum atomic E-state index is -1.24. The molecule has 1 radical (unpaired) electrons. The van der Waals surface area contributed by atoms with Crippen LogP contribution < -0.4 is 0 Å². The molecule has 0 amide bonds. The molecule has 0 unspecified atom stereocenters. The SMILES string of the molecule is Cc1ccc(-c2[c-]c(F)cc(F)c2F)nc1.[Ir].[c-]1ccccc1-c1ccc(-c2ccccc2)cn1. The van der Waals surface area contributed by atoms with Crippen LogP contribution in [0.3, 0.4) is 0 Å². The quantitative estimate of drug-likeness (QED) is 0.150. The van der Waals surface area contributed by atoms with Crippen molar-refractivity contribution in [3.05, 3.63) is 132 Å². The van der Waals surface area contributed by atoms with Gasteiger partial charge in [-0.25, -0.2) is 8.78 Å². The molecule has 0 N–H and O–H groups in total. The van der Waals surface area contributed by atoms with Gasteiger partial charge in [0.15, 0.2) is 0 Å². The summed E-state index contributed by atoms with van der Waals surface area (Å²) in [7, 11) is 0. The molecule has 2 aromatic heterocycles. The Morgan fingerprint density at radius 2 is 1.43 bits per heavy atom. The molecular formula is C29H19F3IrN2-2. The first-order valence-electron chi connectivity index (χ1n) is 10.5. The van der Waals surface area contributed by atoms with E-state index in [2.05, 4.69) is 40.3 Å². The summed E-state index contributed by atoms with van der Waals surface area (Å²) in [4.78, 5) is 8.38. The summed E-state index contributed by atoms with van der Waals surface area (Å²) >= 11 is 0. The van der Waals surface area contributed by atoms with E-state index in [0.29, 0.717) is 6.07 Å². The van der Waals surface area contributed by atoms with Gasteiger partial charge >= 0.3 is 0 Å². The second-order valence-electron chi connectivity index (χ2n) is 7.45. The molecule has 0 spiro atoms. The molecule has 0 aliphatic heterocycles. The van der Waals surface area contributed by atoms with E-state index < -0.39 is 17.5 Å². The van der Waals surface area contributed by atoms with Crippen LogP contribution in [0.15, 0.2) is 97.3 Å². The molecular weight excluding hydrogens is 626 g/mol. The van der Waals surface area contributed by atoms with Gasteiger partial charge in [0.2, 0.25) is 0 Å². The Balaban J connectivity index is 0.000000192. The molecule has 0 bridgehead atoms. The molecule has 3 aromatic carbocycles. The van der Waals surface area contributed by atoms with Gasteiger partial charge in [0, 0.05) is 38.3 Å². The predicted octanol–water partition coefficient (Wildman–Crippen LogP) is 7.49. The van der Waals surface area contributed by atoms with Crippen LogP contribution >= 0.6 is 0 Å². The molecule has 2 nitrogen and oxygen atoms in total. The largest absolute Gasteiger partial charge is 0.304 e. The normalized spacial score (nSPS) is 10.1. The number of aryl methyl sites for hydroxylation is 1. The van der Waals surface area contributed by atoms with E-state index in [1.54, 1.807) is 6.07 Å². The maximum Gasteiger partial charge on any atom is 0.0792 e. The molecule has 177 valence electrons. The van der Waals surface area contributed by atoms with Gasteiger partial charge in [0.25, 0.3) is 0 Å². The second-order valence-corrected chi connectivity index (χ2v) is 7.45. The Labute approximate surface area is 215 Å². The van der Waals surface area contributed by atoms with Crippen LogP contribution in [0.4, 0.5) is 13.2 Å². The number of aromatic nitrogens is 2. The molecule has 2 heterocycles. The number of hydrogen-bond donors (Lipinski definition) is 0. The Morgan fingerprint density at radius 3 is 2.06 bits per heavy atom. The number of benzene rings is 3. The minimum Gasteiger partial charge on any atom is -0.304 e. The fourth-order valence-corrected chi connectivity index (χ4v) is 3.20. The fraction of sp³-hybridized carbons (Fsp3) is 0.0345. The van der Waals surface area contributed by atoms with Crippen LogP contribution in [-0.4, -0.2) is 9.97 Å². The van der Waals surface area contributed by atoms with Crippen LogP contribution in [0.5, 0.6) is 0 Å². The first kappa shape index (κ1) is 26.0. The third kappa shape index (κ3) is 6.72. The zero-order valence-corrected chi connectivity index (χ0v) is 21.0. The van der Waals surface area contributed by atoms with Crippen LogP contribution in [0.25, 0.3) is 33.6 Å². The van der Waals surface area contributed by atoms with Gasteiger partial charge in [-0.3, -0.25) is 4.39 Å². The number of pyridine rings is 2. The van der Waals surface area contributed by atoms with Crippen LogP contribution in [0.2, 0.25) is 0 Å². The molecule has 0 aliphatic carbocycles. The molecule has 0 atom stereocenters. The maximum atomic E-state index is 13.4. The van der Waals surface area contributed by atoms with E-state index in [9.17, 15) is 13.2 Å². The predicted molar refractivity (Wildman–Crippen MR) is 127 cm³/mol. The van der Waals surface area contributed by atoms with E-state index in [1.807, 2.05) is 61.7 Å². The van der Waals surface area contributed by atoms with E-state index in [0.717, 1.165) is 22.4 Å². The van der Waals surface area contributed by atoms with Crippen molar-refractivity contribution in [1.82, 2.24) is 9.97 Å². The second kappa shape index (κ2) is 12.2. The van der Waals surface area contributed by atoms with Crippen LogP contribution in [0, 0.1) is 36.5 Å². The number of halogens is 3. The molecule has 5 aromatic rings. The van der Waals surface area contributed by atoms with Crippen molar-refractivity contribution in [2.24, 2.45) is 0 Å². The molecule has 0 saturated carbocycles. The van der Waals surface area contributed by atoms with Crippen molar-refractivity contribution in [3.8, 4) is 33.6 Å². The Hall–Kier alpha value is -3.60. The van der Waals surface area contributed by atoms with Gasteiger partial charge in [-0.05, 0) is 35.0 Å². The summed E-state index contributed by atoms with van der Waals surface area (Å²) in [6, 6.07) is 31.2. The molecule has 6 heteroatoms. The Bertz CT molecular complexity index is 1300. The van der Waals surface area contributed by atoms with Crippen LogP contribution in [-0.2, 0) is 20.1 Å². The van der Waals surface area contributed by atoms with Crippen molar-refractivity contribution in [3.63, 3.8) is 0 Å². The van der Waals surface area contributed by atoms with Crippen LogP contribution in [0.1, 0.15) is 5.56 Å². The van der Waals surface area contributed by atoms with E-state index in [1.165, 1.54) is 17.8 Å². The van der Waals surface area contributed by atoms with Crippen molar-refractivity contribution in [2.75, 3.05) is 0 Å². The van der Waals surface area contributed by atoms with Gasteiger partial charge < -0.3 is 9.97 Å². The summed E-state index contributed by atoms with van der Waals surface area (Å²) in [5.74, 6) is -3.33. The van der Waals surface area contributed by atoms with Crippen molar-refractivity contribution in [1.29, 1.82) is 0 Å². The molecule has 0 fully saturated rings. The Kier molecular flexibility index (Phi) is 9.07. The average molecular weight is 645 g/mol. The zero-order valence-electron chi connectivity index (χ0n) is 18.6. The Morgan fingerprint density at radius 1 is 0.714 bits per heavy atom. The fourth-order valence-electron chi connectivity index (χ4n) is 3.20. The third-order valence-electron chi connectivity index (χ3n) is 4.95. The summed E-state index contributed by atoms with van der Waals surface area (Å²) in [5.41, 5.74) is 5.04. The van der Waals surface area contributed by atoms with Crippen molar-refractivity contribution >= 4 is 0 Å². The van der Waals surface area contributed by atoms with Gasteiger partial charge in [-0.15, -0.1) is 42.0 Å². The summed E-state index contributed by atoms with van der Waals surface area (Å²) in [6.07, 6.45) is 3.40. The van der Waals surface area contributed by atoms with Gasteiger partial charge in [0.1, 0.15) is 0 Å². The van der Waals surface area contributed by atoms with Crippen molar-refractivity contribution in [2.45, 2.75) is 6.92 Å². The minimum absolute atomic E-state index is 0. The van der Waals surface area contributed by atoms with E-state index in [-0.39, 0.29) is 31.4 Å². The molecule has 35 heavy (non-hydrogen) atoms. The van der Waals surface area contributed by atoms with Gasteiger partial charge in [-0.2, -0.15) is 0 Å². The monoisotopic (exact) mass is 645 g/mol. The number of hydrogen-bond acceptors (Lipinski definition) is 2. The zero-order chi connectivity index (χ0) is 23.9. The molecule has 0 saturated heterocycles. The summed E-state index contributed by atoms with van der Waals surface area (Å²) in [5, 5.41) is 0. The summed E-state index contributed by atoms with van der Waals surface area (Å²) < 4.78 is 39.2. The van der Waals surface area contributed by atoms with E-state index in [4.69, 9.17) is 0 Å². The molecule has 5 rings (SSSR count). The number of rotatable bonds is 3. The standard InChI is InChI=1S/C17H12N.C12H7F3N.Ir/c1-3-7-14(8-4-1)16-11-12-17(18-13-16)15-9-5-2-6-10-15;1-7-2-3-11(16-6-7)9-4-8(13)5-10(14)12(9)15;/h1-9,11-13H;2-3,5-6H,1H3;/q2*-1;.